The van der Waals surface area contributed by atoms with Crippen LogP contribution in [0.15, 0.2) is 77.9 Å². The van der Waals surface area contributed by atoms with Crippen molar-refractivity contribution < 1.29 is 19.2 Å². The maximum Gasteiger partial charge on any atom is 0.271 e. The van der Waals surface area contributed by atoms with Gasteiger partial charge in [0.2, 0.25) is 0 Å². The summed E-state index contributed by atoms with van der Waals surface area (Å²) in [5.74, 6) is 1.04. The quantitative estimate of drug-likeness (QED) is 0.316. The van der Waals surface area contributed by atoms with Crippen molar-refractivity contribution in [2.24, 2.45) is 5.10 Å². The minimum atomic E-state index is -0.439. The zero-order valence-electron chi connectivity index (χ0n) is 16.9. The number of nitrogens with zero attached hydrogens (tertiary/aromatic N) is 2. The number of ether oxygens (including phenoxy) is 2. The van der Waals surface area contributed by atoms with Crippen molar-refractivity contribution >= 4 is 17.8 Å². The first-order chi connectivity index (χ1) is 15.0. The number of nitro groups is 1. The van der Waals surface area contributed by atoms with Gasteiger partial charge in [-0.2, -0.15) is 5.10 Å². The second-order valence-electron chi connectivity index (χ2n) is 6.44. The van der Waals surface area contributed by atoms with Gasteiger partial charge in [-0.3, -0.25) is 14.9 Å². The molecule has 0 aliphatic heterocycles. The number of nitro benzene ring substituents is 1. The highest BCUT2D eigenvalue weighted by molar-refractivity contribution is 5.95. The molecule has 3 aromatic carbocycles. The molecule has 158 valence electrons. The molecule has 1 amide bonds. The lowest BCUT2D eigenvalue weighted by molar-refractivity contribution is -0.384. The summed E-state index contributed by atoms with van der Waals surface area (Å²) in [5.41, 5.74) is 4.62. The number of non-ortho nitro benzene ring substituents is 1. The lowest BCUT2D eigenvalue weighted by atomic mass is 10.2. The summed E-state index contributed by atoms with van der Waals surface area (Å²) in [5, 5.41) is 14.6. The molecule has 0 aliphatic rings. The van der Waals surface area contributed by atoms with Crippen LogP contribution in [-0.2, 0) is 6.61 Å². The van der Waals surface area contributed by atoms with Crippen LogP contribution in [0, 0.1) is 10.1 Å². The standard InChI is InChI=1S/C23H21N3O5/c1-2-30-21-13-7-19(8-14-21)23(27)25-24-15-17-5-11-22(12-6-17)31-16-18-3-9-20(10-4-18)26(28)29/h3-15H,2,16H2,1H3,(H,25,27)/b24-15-. The highest BCUT2D eigenvalue weighted by Gasteiger charge is 2.05. The van der Waals surface area contributed by atoms with Gasteiger partial charge in [-0.05, 0) is 78.7 Å². The zero-order chi connectivity index (χ0) is 22.1. The van der Waals surface area contributed by atoms with E-state index >= 15 is 0 Å². The molecule has 0 heterocycles. The molecule has 0 aliphatic carbocycles. The molecule has 1 N–H and O–H groups in total. The Hall–Kier alpha value is -4.20. The van der Waals surface area contributed by atoms with Gasteiger partial charge in [-0.1, -0.05) is 0 Å². The Kier molecular flexibility index (Phi) is 7.31. The normalized spacial score (nSPS) is 10.6. The first-order valence-corrected chi connectivity index (χ1v) is 9.57. The Morgan fingerprint density at radius 2 is 1.58 bits per heavy atom. The number of carbonyl (C=O) groups is 1. The van der Waals surface area contributed by atoms with Gasteiger partial charge in [0.25, 0.3) is 11.6 Å². The fourth-order valence-electron chi connectivity index (χ4n) is 2.63. The third-order valence-electron chi connectivity index (χ3n) is 4.24. The molecule has 3 rings (SSSR count). The van der Waals surface area contributed by atoms with Crippen LogP contribution < -0.4 is 14.9 Å². The highest BCUT2D eigenvalue weighted by Crippen LogP contribution is 2.16. The smallest absolute Gasteiger partial charge is 0.271 e. The van der Waals surface area contributed by atoms with Crippen LogP contribution in [0.25, 0.3) is 0 Å². The number of nitrogens with one attached hydrogen (secondary N) is 1. The van der Waals surface area contributed by atoms with Gasteiger partial charge in [0.1, 0.15) is 18.1 Å². The van der Waals surface area contributed by atoms with Crippen LogP contribution in [0.3, 0.4) is 0 Å². The summed E-state index contributed by atoms with van der Waals surface area (Å²) in [6.45, 7) is 2.76. The number of hydrazone groups is 1. The molecule has 3 aromatic rings. The van der Waals surface area contributed by atoms with Crippen molar-refractivity contribution in [3.8, 4) is 11.5 Å². The van der Waals surface area contributed by atoms with E-state index in [4.69, 9.17) is 9.47 Å². The molecule has 31 heavy (non-hydrogen) atoms. The largest absolute Gasteiger partial charge is 0.494 e. The predicted molar refractivity (Wildman–Crippen MR) is 117 cm³/mol. The van der Waals surface area contributed by atoms with E-state index in [-0.39, 0.29) is 11.6 Å². The van der Waals surface area contributed by atoms with Crippen molar-refractivity contribution in [3.63, 3.8) is 0 Å². The van der Waals surface area contributed by atoms with Crippen LogP contribution in [0.2, 0.25) is 0 Å². The van der Waals surface area contributed by atoms with Gasteiger partial charge in [-0.25, -0.2) is 5.43 Å². The van der Waals surface area contributed by atoms with E-state index in [1.807, 2.05) is 6.92 Å². The third kappa shape index (κ3) is 6.40. The van der Waals surface area contributed by atoms with Gasteiger partial charge in [0.15, 0.2) is 0 Å². The van der Waals surface area contributed by atoms with Crippen LogP contribution in [-0.4, -0.2) is 23.7 Å². The molecule has 0 aromatic heterocycles. The molecule has 8 heteroatoms. The SMILES string of the molecule is CCOc1ccc(C(=O)N/N=C\c2ccc(OCc3ccc([N+](=O)[O-])cc3)cc2)cc1. The summed E-state index contributed by atoms with van der Waals surface area (Å²) in [7, 11) is 0. The molecule has 0 saturated heterocycles. The van der Waals surface area contributed by atoms with E-state index < -0.39 is 4.92 Å². The first kappa shape index (κ1) is 21.5. The van der Waals surface area contributed by atoms with E-state index in [9.17, 15) is 14.9 Å². The second kappa shape index (κ2) is 10.5. The van der Waals surface area contributed by atoms with E-state index in [2.05, 4.69) is 10.5 Å². The second-order valence-corrected chi connectivity index (χ2v) is 6.44. The number of hydrogen-bond donors (Lipinski definition) is 1. The van der Waals surface area contributed by atoms with E-state index in [0.29, 0.717) is 30.3 Å². The van der Waals surface area contributed by atoms with Gasteiger partial charge in [0.05, 0.1) is 17.7 Å². The Bertz CT molecular complexity index is 1050. The number of amides is 1. The minimum absolute atomic E-state index is 0.0435. The zero-order valence-corrected chi connectivity index (χ0v) is 16.9. The average Bonchev–Trinajstić information content (AvgIpc) is 2.79. The summed E-state index contributed by atoms with van der Waals surface area (Å²) in [6.07, 6.45) is 1.53. The lowest BCUT2D eigenvalue weighted by Gasteiger charge is -2.06. The van der Waals surface area contributed by atoms with Gasteiger partial charge in [0, 0.05) is 17.7 Å². The van der Waals surface area contributed by atoms with Crippen molar-refractivity contribution in [1.29, 1.82) is 0 Å². The van der Waals surface area contributed by atoms with Crippen molar-refractivity contribution in [1.82, 2.24) is 5.43 Å². The van der Waals surface area contributed by atoms with Gasteiger partial charge in [-0.15, -0.1) is 0 Å². The first-order valence-electron chi connectivity index (χ1n) is 9.57. The minimum Gasteiger partial charge on any atom is -0.494 e. The van der Waals surface area contributed by atoms with Crippen molar-refractivity contribution in [2.75, 3.05) is 6.61 Å². The van der Waals surface area contributed by atoms with E-state index in [1.165, 1.54) is 18.3 Å². The Labute approximate surface area is 179 Å². The Morgan fingerprint density at radius 1 is 0.968 bits per heavy atom. The molecule has 0 unspecified atom stereocenters. The molecule has 8 nitrogen and oxygen atoms in total. The molecular formula is C23H21N3O5. The van der Waals surface area contributed by atoms with E-state index in [0.717, 1.165) is 11.1 Å². The number of carbonyl (C=O) groups excluding carboxylic acids is 1. The highest BCUT2D eigenvalue weighted by atomic mass is 16.6. The molecule has 0 spiro atoms. The molecular weight excluding hydrogens is 398 g/mol. The third-order valence-corrected chi connectivity index (χ3v) is 4.24. The number of hydrogen-bond acceptors (Lipinski definition) is 6. The number of benzene rings is 3. The maximum absolute atomic E-state index is 12.1. The summed E-state index contributed by atoms with van der Waals surface area (Å²) < 4.78 is 11.0. The predicted octanol–water partition coefficient (Wildman–Crippen LogP) is 4.34. The van der Waals surface area contributed by atoms with Crippen molar-refractivity contribution in [3.05, 3.63) is 99.6 Å². The molecule has 0 fully saturated rings. The monoisotopic (exact) mass is 419 g/mol. The van der Waals surface area contributed by atoms with Crippen LogP contribution in [0.4, 0.5) is 5.69 Å². The topological polar surface area (TPSA) is 103 Å². The molecule has 0 atom stereocenters. The van der Waals surface area contributed by atoms with Crippen LogP contribution in [0.1, 0.15) is 28.4 Å². The van der Waals surface area contributed by atoms with Gasteiger partial charge >= 0.3 is 0 Å². The van der Waals surface area contributed by atoms with Crippen molar-refractivity contribution in [2.45, 2.75) is 13.5 Å². The Morgan fingerprint density at radius 3 is 2.19 bits per heavy atom. The average molecular weight is 419 g/mol. The molecule has 0 bridgehead atoms. The summed E-state index contributed by atoms with van der Waals surface area (Å²) >= 11 is 0. The molecule has 0 saturated carbocycles. The lowest BCUT2D eigenvalue weighted by Crippen LogP contribution is -2.17. The number of rotatable bonds is 9. The van der Waals surface area contributed by atoms with Gasteiger partial charge < -0.3 is 9.47 Å². The van der Waals surface area contributed by atoms with Crippen LogP contribution >= 0.6 is 0 Å². The maximum atomic E-state index is 12.1. The summed E-state index contributed by atoms with van der Waals surface area (Å²) in [4.78, 5) is 22.4. The Balaban J connectivity index is 1.48. The summed E-state index contributed by atoms with van der Waals surface area (Å²) in [6, 6.07) is 20.2. The van der Waals surface area contributed by atoms with E-state index in [1.54, 1.807) is 60.7 Å². The van der Waals surface area contributed by atoms with Crippen LogP contribution in [0.5, 0.6) is 11.5 Å². The fraction of sp³-hybridized carbons (Fsp3) is 0.130. The molecule has 0 radical (unpaired) electrons. The fourth-order valence-corrected chi connectivity index (χ4v) is 2.63.